The summed E-state index contributed by atoms with van der Waals surface area (Å²) in [6.45, 7) is 4.36. The Kier molecular flexibility index (Phi) is 10.6. The Hall–Kier alpha value is -1.31. The van der Waals surface area contributed by atoms with Crippen molar-refractivity contribution >= 4 is 17.7 Å². The maximum Gasteiger partial charge on any atom is 0.193 e. The molecular formula is C20H32FN3O2S. The van der Waals surface area contributed by atoms with Crippen molar-refractivity contribution in [3.05, 3.63) is 30.1 Å². The van der Waals surface area contributed by atoms with Crippen molar-refractivity contribution in [1.82, 2.24) is 10.2 Å². The lowest BCUT2D eigenvalue weighted by atomic mass is 10.1. The molecule has 0 aliphatic carbocycles. The van der Waals surface area contributed by atoms with E-state index in [1.54, 1.807) is 18.9 Å². The number of hydrogen-bond donors (Lipinski definition) is 1. The van der Waals surface area contributed by atoms with Gasteiger partial charge in [-0.05, 0) is 55.7 Å². The summed E-state index contributed by atoms with van der Waals surface area (Å²) in [5.74, 6) is 1.78. The van der Waals surface area contributed by atoms with Crippen LogP contribution in [0.4, 0.5) is 4.39 Å². The maximum atomic E-state index is 12.9. The van der Waals surface area contributed by atoms with Gasteiger partial charge in [0.2, 0.25) is 0 Å². The van der Waals surface area contributed by atoms with Gasteiger partial charge in [-0.25, -0.2) is 4.39 Å². The summed E-state index contributed by atoms with van der Waals surface area (Å²) in [5.41, 5.74) is 0. The molecule has 2 rings (SSSR count). The number of nitrogens with zero attached hydrogens (tertiary/aromatic N) is 2. The van der Waals surface area contributed by atoms with Crippen LogP contribution in [0.15, 0.2) is 34.2 Å². The first-order chi connectivity index (χ1) is 13.2. The third-order valence-electron chi connectivity index (χ3n) is 4.49. The van der Waals surface area contributed by atoms with E-state index < -0.39 is 0 Å². The van der Waals surface area contributed by atoms with Crippen molar-refractivity contribution in [2.45, 2.75) is 36.7 Å². The molecule has 0 aromatic heterocycles. The first-order valence-electron chi connectivity index (χ1n) is 9.67. The van der Waals surface area contributed by atoms with Gasteiger partial charge in [0.25, 0.3) is 0 Å². The van der Waals surface area contributed by atoms with Gasteiger partial charge in [0.15, 0.2) is 5.96 Å². The number of benzene rings is 1. The zero-order valence-electron chi connectivity index (χ0n) is 16.5. The number of likely N-dealkylation sites (tertiary alicyclic amines) is 1. The molecule has 0 saturated carbocycles. The van der Waals surface area contributed by atoms with Crippen molar-refractivity contribution in [2.24, 2.45) is 4.99 Å². The predicted molar refractivity (Wildman–Crippen MR) is 110 cm³/mol. The summed E-state index contributed by atoms with van der Waals surface area (Å²) in [4.78, 5) is 7.83. The molecule has 1 heterocycles. The van der Waals surface area contributed by atoms with Crippen molar-refractivity contribution in [3.8, 4) is 0 Å². The summed E-state index contributed by atoms with van der Waals surface area (Å²) in [5, 5.41) is 3.45. The molecule has 5 nitrogen and oxygen atoms in total. The van der Waals surface area contributed by atoms with E-state index in [0.29, 0.717) is 6.10 Å². The van der Waals surface area contributed by atoms with Crippen molar-refractivity contribution < 1.29 is 13.9 Å². The van der Waals surface area contributed by atoms with Gasteiger partial charge in [-0.1, -0.05) is 0 Å². The van der Waals surface area contributed by atoms with Gasteiger partial charge in [-0.15, -0.1) is 11.8 Å². The van der Waals surface area contributed by atoms with E-state index in [1.165, 1.54) is 12.1 Å². The molecule has 27 heavy (non-hydrogen) atoms. The quantitative estimate of drug-likeness (QED) is 0.284. The number of guanidine groups is 1. The second-order valence-electron chi connectivity index (χ2n) is 6.53. The molecule has 0 spiro atoms. The average Bonchev–Trinajstić information content (AvgIpc) is 2.70. The predicted octanol–water partition coefficient (Wildman–Crippen LogP) is 3.40. The van der Waals surface area contributed by atoms with Crippen LogP contribution < -0.4 is 5.32 Å². The number of piperidine rings is 1. The van der Waals surface area contributed by atoms with Gasteiger partial charge in [0, 0.05) is 51.9 Å². The zero-order chi connectivity index (χ0) is 19.3. The van der Waals surface area contributed by atoms with Crippen LogP contribution in [-0.4, -0.2) is 69.7 Å². The molecule has 1 aromatic carbocycles. The molecule has 1 N–H and O–H groups in total. The third kappa shape index (κ3) is 8.49. The Morgan fingerprint density at radius 3 is 2.63 bits per heavy atom. The molecule has 1 aliphatic heterocycles. The molecule has 0 unspecified atom stereocenters. The highest BCUT2D eigenvalue weighted by Crippen LogP contribution is 2.18. The van der Waals surface area contributed by atoms with Gasteiger partial charge in [0.1, 0.15) is 5.82 Å². The lowest BCUT2D eigenvalue weighted by Gasteiger charge is -2.34. The number of aliphatic imine (C=N–C) groups is 1. The standard InChI is InChI=1S/C20H32FN3O2S/c1-22-20(23-11-3-16-27-19-7-5-17(21)6-8-19)24-12-9-18(10-13-24)26-15-4-14-25-2/h5-8,18H,3-4,9-16H2,1-2H3,(H,22,23). The number of thioether (sulfide) groups is 1. The van der Waals surface area contributed by atoms with E-state index in [2.05, 4.69) is 15.2 Å². The summed E-state index contributed by atoms with van der Waals surface area (Å²) >= 11 is 1.75. The molecular weight excluding hydrogens is 365 g/mol. The van der Waals surface area contributed by atoms with Crippen LogP contribution in [0.3, 0.4) is 0 Å². The van der Waals surface area contributed by atoms with Crippen LogP contribution >= 0.6 is 11.8 Å². The molecule has 0 bridgehead atoms. The minimum atomic E-state index is -0.186. The third-order valence-corrected chi connectivity index (χ3v) is 5.58. The summed E-state index contributed by atoms with van der Waals surface area (Å²) in [6.07, 6.45) is 4.40. The summed E-state index contributed by atoms with van der Waals surface area (Å²) in [6, 6.07) is 6.67. The molecule has 0 amide bonds. The number of halogens is 1. The monoisotopic (exact) mass is 397 g/mol. The second-order valence-corrected chi connectivity index (χ2v) is 7.70. The van der Waals surface area contributed by atoms with E-state index in [0.717, 1.165) is 75.1 Å². The van der Waals surface area contributed by atoms with E-state index in [1.807, 2.05) is 19.2 Å². The van der Waals surface area contributed by atoms with E-state index in [-0.39, 0.29) is 5.82 Å². The highest BCUT2D eigenvalue weighted by Gasteiger charge is 2.21. The number of nitrogens with one attached hydrogen (secondary N) is 1. The van der Waals surface area contributed by atoms with E-state index in [4.69, 9.17) is 9.47 Å². The lowest BCUT2D eigenvalue weighted by Crippen LogP contribution is -2.47. The zero-order valence-corrected chi connectivity index (χ0v) is 17.3. The molecule has 1 aliphatic rings. The molecule has 0 radical (unpaired) electrons. The summed E-state index contributed by atoms with van der Waals surface area (Å²) < 4.78 is 23.9. The first-order valence-corrected chi connectivity index (χ1v) is 10.7. The first kappa shape index (κ1) is 22.0. The number of ether oxygens (including phenoxy) is 2. The Morgan fingerprint density at radius 2 is 1.96 bits per heavy atom. The van der Waals surface area contributed by atoms with Gasteiger partial charge < -0.3 is 19.7 Å². The number of methoxy groups -OCH3 is 1. The maximum absolute atomic E-state index is 12.9. The van der Waals surface area contributed by atoms with E-state index >= 15 is 0 Å². The molecule has 152 valence electrons. The minimum absolute atomic E-state index is 0.186. The Balaban J connectivity index is 1.58. The van der Waals surface area contributed by atoms with Crippen molar-refractivity contribution in [1.29, 1.82) is 0 Å². The molecule has 0 atom stereocenters. The van der Waals surface area contributed by atoms with Crippen molar-refractivity contribution in [2.75, 3.05) is 52.8 Å². The Bertz CT molecular complexity index is 549. The minimum Gasteiger partial charge on any atom is -0.385 e. The fraction of sp³-hybridized carbons (Fsp3) is 0.650. The lowest BCUT2D eigenvalue weighted by molar-refractivity contribution is 0.00991. The molecule has 1 fully saturated rings. The van der Waals surface area contributed by atoms with Gasteiger partial charge in [-0.2, -0.15) is 0 Å². The highest BCUT2D eigenvalue weighted by molar-refractivity contribution is 7.99. The molecule has 1 aromatic rings. The van der Waals surface area contributed by atoms with Crippen LogP contribution in [-0.2, 0) is 9.47 Å². The average molecular weight is 398 g/mol. The fourth-order valence-electron chi connectivity index (χ4n) is 3.01. The van der Waals surface area contributed by atoms with Gasteiger partial charge in [-0.3, -0.25) is 4.99 Å². The highest BCUT2D eigenvalue weighted by atomic mass is 32.2. The number of rotatable bonds is 10. The fourth-order valence-corrected chi connectivity index (χ4v) is 3.87. The van der Waals surface area contributed by atoms with E-state index in [9.17, 15) is 4.39 Å². The molecule has 1 saturated heterocycles. The normalized spacial score (nSPS) is 16.0. The van der Waals surface area contributed by atoms with Crippen LogP contribution in [0.25, 0.3) is 0 Å². The topological polar surface area (TPSA) is 46.1 Å². The molecule has 7 heteroatoms. The van der Waals surface area contributed by atoms with Gasteiger partial charge in [0.05, 0.1) is 6.10 Å². The SMILES string of the molecule is CN=C(NCCCSc1ccc(F)cc1)N1CCC(OCCCOC)CC1. The van der Waals surface area contributed by atoms with Gasteiger partial charge >= 0.3 is 0 Å². The second kappa shape index (κ2) is 13.0. The smallest absolute Gasteiger partial charge is 0.193 e. The van der Waals surface area contributed by atoms with Crippen LogP contribution in [0.5, 0.6) is 0 Å². The van der Waals surface area contributed by atoms with Crippen molar-refractivity contribution in [3.63, 3.8) is 0 Å². The Morgan fingerprint density at radius 1 is 1.22 bits per heavy atom. The van der Waals surface area contributed by atoms with Crippen LogP contribution in [0, 0.1) is 5.82 Å². The summed E-state index contributed by atoms with van der Waals surface area (Å²) in [7, 11) is 3.56. The number of hydrogen-bond acceptors (Lipinski definition) is 4. The van der Waals surface area contributed by atoms with Crippen LogP contribution in [0.1, 0.15) is 25.7 Å². The largest absolute Gasteiger partial charge is 0.385 e. The van der Waals surface area contributed by atoms with Crippen LogP contribution in [0.2, 0.25) is 0 Å². The Labute approximate surface area is 166 Å².